The molecule has 2 N–H and O–H groups in total. The van der Waals surface area contributed by atoms with Crippen molar-refractivity contribution in [3.63, 3.8) is 0 Å². The third kappa shape index (κ3) is 3.52. The Hall–Kier alpha value is -1.46. The lowest BCUT2D eigenvalue weighted by Crippen LogP contribution is -2.53. The van der Waals surface area contributed by atoms with Crippen molar-refractivity contribution < 1.29 is 9.59 Å². The van der Waals surface area contributed by atoms with Gasteiger partial charge < -0.3 is 20.4 Å². The molecule has 0 unspecified atom stereocenters. The molecule has 0 bridgehead atoms. The van der Waals surface area contributed by atoms with Crippen molar-refractivity contribution >= 4 is 12.1 Å². The van der Waals surface area contributed by atoms with E-state index in [4.69, 9.17) is 0 Å². The second-order valence-corrected chi connectivity index (χ2v) is 5.25. The number of hydrogen-bond acceptors (Lipinski definition) is 2. The number of nitrogens with zero attached hydrogens (tertiary/aromatic N) is 2. The number of unbranched alkanes of at least 4 members (excludes halogenated alkanes) is 1. The highest BCUT2D eigenvalue weighted by Crippen LogP contribution is 2.17. The molecule has 2 saturated heterocycles. The van der Waals surface area contributed by atoms with Crippen molar-refractivity contribution in [1.82, 2.24) is 20.4 Å². The Morgan fingerprint density at radius 3 is 3.00 bits per heavy atom. The fraction of sp³-hybridized carbons (Fsp3) is 0.846. The van der Waals surface area contributed by atoms with Crippen LogP contribution in [0.2, 0.25) is 0 Å². The van der Waals surface area contributed by atoms with E-state index >= 15 is 0 Å². The molecular formula is C13H24N4O2. The monoisotopic (exact) mass is 268 g/mol. The Labute approximate surface area is 114 Å². The predicted molar refractivity (Wildman–Crippen MR) is 73.0 cm³/mol. The highest BCUT2D eigenvalue weighted by Gasteiger charge is 2.32. The summed E-state index contributed by atoms with van der Waals surface area (Å²) in [5.41, 5.74) is 0. The van der Waals surface area contributed by atoms with Gasteiger partial charge >= 0.3 is 12.1 Å². The lowest BCUT2D eigenvalue weighted by atomic mass is 10.0. The van der Waals surface area contributed by atoms with Gasteiger partial charge in [0.1, 0.15) is 0 Å². The van der Waals surface area contributed by atoms with E-state index in [0.29, 0.717) is 6.54 Å². The van der Waals surface area contributed by atoms with Gasteiger partial charge in [0.05, 0.1) is 6.04 Å². The minimum atomic E-state index is 0.0118. The molecule has 0 radical (unpaired) electrons. The molecule has 0 spiro atoms. The molecule has 0 saturated carbocycles. The maximum atomic E-state index is 12.0. The van der Waals surface area contributed by atoms with E-state index in [-0.39, 0.29) is 18.1 Å². The van der Waals surface area contributed by atoms with Gasteiger partial charge in [0, 0.05) is 32.7 Å². The second kappa shape index (κ2) is 6.63. The quantitative estimate of drug-likeness (QED) is 0.747. The molecule has 2 aliphatic heterocycles. The average molecular weight is 268 g/mol. The molecule has 2 heterocycles. The zero-order valence-corrected chi connectivity index (χ0v) is 11.7. The predicted octanol–water partition coefficient (Wildman–Crippen LogP) is 0.986. The van der Waals surface area contributed by atoms with E-state index in [2.05, 4.69) is 17.6 Å². The highest BCUT2D eigenvalue weighted by atomic mass is 16.2. The molecule has 4 amide bonds. The normalized spacial score (nSPS) is 23.4. The topological polar surface area (TPSA) is 64.7 Å². The molecule has 19 heavy (non-hydrogen) atoms. The number of amides is 4. The molecule has 2 fully saturated rings. The molecule has 6 heteroatoms. The Morgan fingerprint density at radius 1 is 1.47 bits per heavy atom. The first-order chi connectivity index (χ1) is 9.22. The molecule has 0 aromatic rings. The summed E-state index contributed by atoms with van der Waals surface area (Å²) in [5.74, 6) is 0. The number of piperidine rings is 1. The second-order valence-electron chi connectivity index (χ2n) is 5.25. The van der Waals surface area contributed by atoms with Crippen LogP contribution in [0.25, 0.3) is 0 Å². The number of carbonyl (C=O) groups excluding carboxylic acids is 2. The fourth-order valence-electron chi connectivity index (χ4n) is 2.71. The van der Waals surface area contributed by atoms with Gasteiger partial charge in [-0.3, -0.25) is 0 Å². The summed E-state index contributed by atoms with van der Waals surface area (Å²) in [4.78, 5) is 27.4. The van der Waals surface area contributed by atoms with Gasteiger partial charge in [0.25, 0.3) is 0 Å². The third-order valence-corrected chi connectivity index (χ3v) is 3.82. The van der Waals surface area contributed by atoms with Crippen LogP contribution in [-0.2, 0) is 0 Å². The van der Waals surface area contributed by atoms with Gasteiger partial charge in [0.15, 0.2) is 0 Å². The molecule has 0 aromatic heterocycles. The van der Waals surface area contributed by atoms with Crippen LogP contribution in [0.1, 0.15) is 32.6 Å². The summed E-state index contributed by atoms with van der Waals surface area (Å²) in [6.07, 6.45) is 4.05. The summed E-state index contributed by atoms with van der Waals surface area (Å²) >= 11 is 0. The van der Waals surface area contributed by atoms with Gasteiger partial charge in [0.2, 0.25) is 0 Å². The number of hydrogen-bond donors (Lipinski definition) is 2. The maximum absolute atomic E-state index is 12.0. The van der Waals surface area contributed by atoms with Gasteiger partial charge in [-0.05, 0) is 19.3 Å². The fourth-order valence-corrected chi connectivity index (χ4v) is 2.71. The zero-order valence-electron chi connectivity index (χ0n) is 11.7. The van der Waals surface area contributed by atoms with Crippen molar-refractivity contribution in [2.24, 2.45) is 0 Å². The number of urea groups is 2. The summed E-state index contributed by atoms with van der Waals surface area (Å²) in [7, 11) is 0. The van der Waals surface area contributed by atoms with Crippen molar-refractivity contribution in [3.8, 4) is 0 Å². The van der Waals surface area contributed by atoms with Crippen LogP contribution in [0.3, 0.4) is 0 Å². The number of carbonyl (C=O) groups is 2. The Bertz CT molecular complexity index is 335. The van der Waals surface area contributed by atoms with Crippen LogP contribution in [0, 0.1) is 0 Å². The van der Waals surface area contributed by atoms with Crippen LogP contribution >= 0.6 is 0 Å². The van der Waals surface area contributed by atoms with E-state index in [1.807, 2.05) is 9.80 Å². The van der Waals surface area contributed by atoms with Crippen LogP contribution in [0.15, 0.2) is 0 Å². The van der Waals surface area contributed by atoms with Crippen LogP contribution in [0.4, 0.5) is 9.59 Å². The van der Waals surface area contributed by atoms with Crippen molar-refractivity contribution in [2.75, 3.05) is 32.7 Å². The third-order valence-electron chi connectivity index (χ3n) is 3.82. The first-order valence-electron chi connectivity index (χ1n) is 7.29. The van der Waals surface area contributed by atoms with Crippen molar-refractivity contribution in [2.45, 2.75) is 38.6 Å². The van der Waals surface area contributed by atoms with Crippen LogP contribution < -0.4 is 10.6 Å². The Kier molecular flexibility index (Phi) is 4.87. The average Bonchev–Trinajstić information content (AvgIpc) is 2.85. The zero-order chi connectivity index (χ0) is 13.7. The molecular weight excluding hydrogens is 244 g/mol. The molecule has 2 rings (SSSR count). The number of nitrogens with one attached hydrogen (secondary N) is 2. The largest absolute Gasteiger partial charge is 0.338 e. The van der Waals surface area contributed by atoms with Crippen LogP contribution in [0.5, 0.6) is 0 Å². The molecule has 2 aliphatic rings. The van der Waals surface area contributed by atoms with Crippen LogP contribution in [-0.4, -0.2) is 60.6 Å². The Balaban J connectivity index is 1.82. The summed E-state index contributed by atoms with van der Waals surface area (Å²) in [6.45, 7) is 5.78. The smallest absolute Gasteiger partial charge is 0.317 e. The highest BCUT2D eigenvalue weighted by molar-refractivity contribution is 5.77. The van der Waals surface area contributed by atoms with E-state index < -0.39 is 0 Å². The minimum Gasteiger partial charge on any atom is -0.338 e. The first-order valence-corrected chi connectivity index (χ1v) is 7.29. The summed E-state index contributed by atoms with van der Waals surface area (Å²) < 4.78 is 0. The molecule has 6 nitrogen and oxygen atoms in total. The number of rotatable bonds is 4. The van der Waals surface area contributed by atoms with E-state index in [1.54, 1.807) is 0 Å². The van der Waals surface area contributed by atoms with Gasteiger partial charge in [-0.2, -0.15) is 0 Å². The lowest BCUT2D eigenvalue weighted by molar-refractivity contribution is 0.133. The van der Waals surface area contributed by atoms with Gasteiger partial charge in [-0.25, -0.2) is 9.59 Å². The van der Waals surface area contributed by atoms with Crippen molar-refractivity contribution in [3.05, 3.63) is 0 Å². The van der Waals surface area contributed by atoms with Crippen molar-refractivity contribution in [1.29, 1.82) is 0 Å². The molecule has 0 aliphatic carbocycles. The SMILES string of the molecule is CCCCNC(=O)N1CCC[C@H](N2CCNC2=O)C1. The summed E-state index contributed by atoms with van der Waals surface area (Å²) in [6, 6.07) is 0.198. The molecule has 1 atom stereocenters. The van der Waals surface area contributed by atoms with Gasteiger partial charge in [-0.1, -0.05) is 13.3 Å². The van der Waals surface area contributed by atoms with E-state index in [9.17, 15) is 9.59 Å². The number of likely N-dealkylation sites (tertiary alicyclic amines) is 1. The Morgan fingerprint density at radius 2 is 2.32 bits per heavy atom. The first kappa shape index (κ1) is 14.0. The molecule has 108 valence electrons. The minimum absolute atomic E-state index is 0.0118. The van der Waals surface area contributed by atoms with E-state index in [1.165, 1.54) is 0 Å². The maximum Gasteiger partial charge on any atom is 0.317 e. The standard InChI is InChI=1S/C13H24N4O2/c1-2-3-6-14-12(18)16-8-4-5-11(10-16)17-9-7-15-13(17)19/h11H,2-10H2,1H3,(H,14,18)(H,15,19)/t11-/m0/s1. The summed E-state index contributed by atoms with van der Waals surface area (Å²) in [5, 5.41) is 5.76. The molecule has 0 aromatic carbocycles. The lowest BCUT2D eigenvalue weighted by Gasteiger charge is -2.37. The van der Waals surface area contributed by atoms with Gasteiger partial charge in [-0.15, -0.1) is 0 Å². The van der Waals surface area contributed by atoms with E-state index in [0.717, 1.165) is 51.9 Å².